The van der Waals surface area contributed by atoms with Gasteiger partial charge in [0.25, 0.3) is 0 Å². The third-order valence-electron chi connectivity index (χ3n) is 4.48. The van der Waals surface area contributed by atoms with Crippen molar-refractivity contribution < 1.29 is 4.74 Å². The SMILES string of the molecule is Clc1cccc(Cl)c1-c1cccc2c1OC([CH]Cc1ccccc1)C2. The van der Waals surface area contributed by atoms with E-state index in [1.807, 2.05) is 36.4 Å². The summed E-state index contributed by atoms with van der Waals surface area (Å²) in [7, 11) is 0. The Bertz CT molecular complexity index is 870. The van der Waals surface area contributed by atoms with Gasteiger partial charge in [0.1, 0.15) is 11.9 Å². The van der Waals surface area contributed by atoms with Gasteiger partial charge in [0.2, 0.25) is 0 Å². The predicted molar refractivity (Wildman–Crippen MR) is 104 cm³/mol. The van der Waals surface area contributed by atoms with Crippen LogP contribution in [-0.4, -0.2) is 6.10 Å². The Kier molecular flexibility index (Phi) is 4.70. The Hall–Kier alpha value is -1.96. The molecule has 1 aliphatic rings. The first-order valence-corrected chi connectivity index (χ1v) is 9.08. The van der Waals surface area contributed by atoms with Gasteiger partial charge in [-0.2, -0.15) is 0 Å². The highest BCUT2D eigenvalue weighted by Gasteiger charge is 2.27. The van der Waals surface area contributed by atoms with Crippen LogP contribution in [0.1, 0.15) is 11.1 Å². The Morgan fingerprint density at radius 2 is 1.60 bits per heavy atom. The minimum Gasteiger partial charge on any atom is -0.489 e. The monoisotopic (exact) mass is 367 g/mol. The van der Waals surface area contributed by atoms with E-state index in [-0.39, 0.29) is 6.10 Å². The van der Waals surface area contributed by atoms with E-state index in [1.165, 1.54) is 11.1 Å². The fourth-order valence-electron chi connectivity index (χ4n) is 3.26. The largest absolute Gasteiger partial charge is 0.489 e. The van der Waals surface area contributed by atoms with Gasteiger partial charge in [-0.15, -0.1) is 0 Å². The minimum absolute atomic E-state index is 0.0672. The molecule has 0 saturated carbocycles. The highest BCUT2D eigenvalue weighted by atomic mass is 35.5. The van der Waals surface area contributed by atoms with E-state index in [0.717, 1.165) is 29.7 Å². The molecular weight excluding hydrogens is 351 g/mol. The van der Waals surface area contributed by atoms with Crippen molar-refractivity contribution in [3.8, 4) is 16.9 Å². The molecule has 3 heteroatoms. The number of halogens is 2. The summed E-state index contributed by atoms with van der Waals surface area (Å²) in [5.74, 6) is 0.895. The molecule has 0 bridgehead atoms. The van der Waals surface area contributed by atoms with E-state index in [2.05, 4.69) is 36.8 Å². The lowest BCUT2D eigenvalue weighted by atomic mass is 9.99. The third kappa shape index (κ3) is 3.40. The molecular formula is C22H17Cl2O. The molecule has 1 atom stereocenters. The third-order valence-corrected chi connectivity index (χ3v) is 5.11. The second kappa shape index (κ2) is 7.11. The summed E-state index contributed by atoms with van der Waals surface area (Å²) >= 11 is 12.8. The van der Waals surface area contributed by atoms with Crippen LogP contribution < -0.4 is 4.74 Å². The van der Waals surface area contributed by atoms with Gasteiger partial charge < -0.3 is 4.74 Å². The molecule has 0 aromatic heterocycles. The van der Waals surface area contributed by atoms with Crippen LogP contribution in [0.15, 0.2) is 66.7 Å². The first kappa shape index (κ1) is 16.5. The van der Waals surface area contributed by atoms with E-state index in [1.54, 1.807) is 0 Å². The summed E-state index contributed by atoms with van der Waals surface area (Å²) in [5.41, 5.74) is 4.29. The van der Waals surface area contributed by atoms with Crippen molar-refractivity contribution in [3.63, 3.8) is 0 Å². The number of fused-ring (bicyclic) bond motifs is 1. The van der Waals surface area contributed by atoms with E-state index in [9.17, 15) is 0 Å². The first-order valence-electron chi connectivity index (χ1n) is 8.32. The van der Waals surface area contributed by atoms with Gasteiger partial charge in [-0.05, 0) is 29.7 Å². The number of hydrogen-bond acceptors (Lipinski definition) is 1. The van der Waals surface area contributed by atoms with Crippen molar-refractivity contribution in [1.82, 2.24) is 0 Å². The molecule has 0 amide bonds. The van der Waals surface area contributed by atoms with Gasteiger partial charge in [-0.25, -0.2) is 0 Å². The predicted octanol–water partition coefficient (Wildman–Crippen LogP) is 6.41. The number of para-hydroxylation sites is 1. The summed E-state index contributed by atoms with van der Waals surface area (Å²) in [6, 6.07) is 22.2. The van der Waals surface area contributed by atoms with Gasteiger partial charge >= 0.3 is 0 Å². The van der Waals surface area contributed by atoms with Gasteiger partial charge in [-0.1, -0.05) is 77.8 Å². The van der Waals surface area contributed by atoms with Crippen molar-refractivity contribution >= 4 is 23.2 Å². The molecule has 1 heterocycles. The Balaban J connectivity index is 1.58. The molecule has 0 N–H and O–H groups in total. The molecule has 1 unspecified atom stereocenters. The Morgan fingerprint density at radius 1 is 0.880 bits per heavy atom. The molecule has 0 aliphatic carbocycles. The summed E-state index contributed by atoms with van der Waals surface area (Å²) in [6.07, 6.45) is 4.06. The summed E-state index contributed by atoms with van der Waals surface area (Å²) in [4.78, 5) is 0. The zero-order valence-corrected chi connectivity index (χ0v) is 15.1. The number of ether oxygens (including phenoxy) is 1. The minimum atomic E-state index is 0.0672. The highest BCUT2D eigenvalue weighted by molar-refractivity contribution is 6.39. The second-order valence-electron chi connectivity index (χ2n) is 6.18. The van der Waals surface area contributed by atoms with Crippen molar-refractivity contribution in [1.29, 1.82) is 0 Å². The van der Waals surface area contributed by atoms with E-state index in [0.29, 0.717) is 10.0 Å². The highest BCUT2D eigenvalue weighted by Crippen LogP contribution is 2.44. The molecule has 1 aliphatic heterocycles. The molecule has 25 heavy (non-hydrogen) atoms. The van der Waals surface area contributed by atoms with Crippen LogP contribution in [0.2, 0.25) is 10.0 Å². The molecule has 1 nitrogen and oxygen atoms in total. The van der Waals surface area contributed by atoms with Crippen LogP contribution in [-0.2, 0) is 12.8 Å². The topological polar surface area (TPSA) is 9.23 Å². The molecule has 3 aromatic rings. The standard InChI is InChI=1S/C22H17Cl2O/c23-19-10-5-11-20(24)21(19)18-9-4-8-16-14-17(25-22(16)18)13-12-15-6-2-1-3-7-15/h1-11,13,17H,12,14H2. The molecule has 3 aromatic carbocycles. The van der Waals surface area contributed by atoms with Crippen molar-refractivity contribution in [3.05, 3.63) is 94.3 Å². The molecule has 125 valence electrons. The fourth-order valence-corrected chi connectivity index (χ4v) is 3.86. The molecule has 0 saturated heterocycles. The maximum atomic E-state index is 6.40. The van der Waals surface area contributed by atoms with Crippen LogP contribution in [0.25, 0.3) is 11.1 Å². The van der Waals surface area contributed by atoms with Crippen LogP contribution in [0.4, 0.5) is 0 Å². The van der Waals surface area contributed by atoms with Gasteiger partial charge in [-0.3, -0.25) is 0 Å². The number of benzene rings is 3. The summed E-state index contributed by atoms with van der Waals surface area (Å²) in [6.45, 7) is 0. The van der Waals surface area contributed by atoms with Gasteiger partial charge in [0, 0.05) is 24.0 Å². The Morgan fingerprint density at radius 3 is 2.36 bits per heavy atom. The molecule has 0 fully saturated rings. The lowest BCUT2D eigenvalue weighted by molar-refractivity contribution is 0.264. The molecule has 0 spiro atoms. The smallest absolute Gasteiger partial charge is 0.131 e. The molecule has 1 radical (unpaired) electrons. The molecule has 4 rings (SSSR count). The summed E-state index contributed by atoms with van der Waals surface area (Å²) in [5, 5.41) is 1.28. The zero-order chi connectivity index (χ0) is 17.2. The number of hydrogen-bond donors (Lipinski definition) is 0. The lowest BCUT2D eigenvalue weighted by Crippen LogP contribution is -2.14. The van der Waals surface area contributed by atoms with Crippen LogP contribution in [0.3, 0.4) is 0 Å². The van der Waals surface area contributed by atoms with Crippen molar-refractivity contribution in [2.45, 2.75) is 18.9 Å². The van der Waals surface area contributed by atoms with E-state index < -0.39 is 0 Å². The van der Waals surface area contributed by atoms with Crippen molar-refractivity contribution in [2.24, 2.45) is 0 Å². The first-order chi connectivity index (χ1) is 12.2. The normalized spacial score (nSPS) is 15.7. The fraction of sp³-hybridized carbons (Fsp3) is 0.136. The van der Waals surface area contributed by atoms with Gasteiger partial charge in [0.15, 0.2) is 0 Å². The van der Waals surface area contributed by atoms with E-state index >= 15 is 0 Å². The number of rotatable bonds is 4. The summed E-state index contributed by atoms with van der Waals surface area (Å²) < 4.78 is 6.25. The lowest BCUT2D eigenvalue weighted by Gasteiger charge is -2.14. The average molecular weight is 368 g/mol. The maximum Gasteiger partial charge on any atom is 0.131 e. The average Bonchev–Trinajstić information content (AvgIpc) is 3.05. The maximum absolute atomic E-state index is 6.40. The van der Waals surface area contributed by atoms with Crippen molar-refractivity contribution in [2.75, 3.05) is 0 Å². The van der Waals surface area contributed by atoms with Crippen LogP contribution in [0.5, 0.6) is 5.75 Å². The van der Waals surface area contributed by atoms with Crippen LogP contribution in [0, 0.1) is 6.42 Å². The van der Waals surface area contributed by atoms with Gasteiger partial charge in [0.05, 0.1) is 10.0 Å². The quantitative estimate of drug-likeness (QED) is 0.517. The van der Waals surface area contributed by atoms with E-state index in [4.69, 9.17) is 27.9 Å². The second-order valence-corrected chi connectivity index (χ2v) is 6.99. The van der Waals surface area contributed by atoms with Crippen LogP contribution >= 0.6 is 23.2 Å². The Labute approximate surface area is 158 Å². The zero-order valence-electron chi connectivity index (χ0n) is 13.6.